The fourth-order valence-electron chi connectivity index (χ4n) is 2.66. The molecule has 1 fully saturated rings. The highest BCUT2D eigenvalue weighted by Crippen LogP contribution is 2.20. The number of nitrogens with zero attached hydrogens (tertiary/aromatic N) is 2. The molecule has 1 aliphatic heterocycles. The summed E-state index contributed by atoms with van der Waals surface area (Å²) in [5.41, 5.74) is -0.608. The first kappa shape index (κ1) is 19.4. The standard InChI is InChI=1S/C13H26N2O5S2/c1-13(2,3)15(21(5,17)18)8-6-12(16)14(4)11-7-9-22(19,20)10-11/h11H,6-10H2,1-5H3. The Morgan fingerprint density at radius 3 is 2.18 bits per heavy atom. The summed E-state index contributed by atoms with van der Waals surface area (Å²) in [5.74, 6) is -0.142. The van der Waals surface area contributed by atoms with Crippen molar-refractivity contribution in [1.29, 1.82) is 0 Å². The molecule has 0 saturated carbocycles. The summed E-state index contributed by atoms with van der Waals surface area (Å²) in [7, 11) is -4.89. The predicted molar refractivity (Wildman–Crippen MR) is 85.7 cm³/mol. The van der Waals surface area contributed by atoms with Crippen LogP contribution >= 0.6 is 0 Å². The lowest BCUT2D eigenvalue weighted by Gasteiger charge is -2.34. The van der Waals surface area contributed by atoms with Gasteiger partial charge in [0, 0.05) is 31.6 Å². The normalized spacial score (nSPS) is 22.0. The number of sulfonamides is 1. The summed E-state index contributed by atoms with van der Waals surface area (Å²) < 4.78 is 47.9. The highest BCUT2D eigenvalue weighted by molar-refractivity contribution is 7.91. The quantitative estimate of drug-likeness (QED) is 0.697. The summed E-state index contributed by atoms with van der Waals surface area (Å²) in [4.78, 5) is 13.6. The van der Waals surface area contributed by atoms with Crippen molar-refractivity contribution in [1.82, 2.24) is 9.21 Å². The highest BCUT2D eigenvalue weighted by atomic mass is 32.2. The Morgan fingerprint density at radius 2 is 1.82 bits per heavy atom. The van der Waals surface area contributed by atoms with E-state index in [2.05, 4.69) is 0 Å². The molecular weight excluding hydrogens is 328 g/mol. The van der Waals surface area contributed by atoms with Crippen LogP contribution < -0.4 is 0 Å². The lowest BCUT2D eigenvalue weighted by atomic mass is 10.1. The second-order valence-corrected chi connectivity index (χ2v) is 11.0. The van der Waals surface area contributed by atoms with Gasteiger partial charge in [-0.25, -0.2) is 16.8 Å². The second-order valence-electron chi connectivity index (χ2n) is 6.82. The molecule has 0 radical (unpaired) electrons. The Morgan fingerprint density at radius 1 is 1.27 bits per heavy atom. The number of hydrogen-bond donors (Lipinski definition) is 0. The summed E-state index contributed by atoms with van der Waals surface area (Å²) in [6, 6.07) is -0.307. The molecule has 0 aliphatic carbocycles. The number of hydrogen-bond acceptors (Lipinski definition) is 5. The van der Waals surface area contributed by atoms with Crippen LogP contribution in [0, 0.1) is 0 Å². The van der Waals surface area contributed by atoms with Gasteiger partial charge in [0.1, 0.15) is 0 Å². The van der Waals surface area contributed by atoms with Crippen LogP contribution in [-0.4, -0.2) is 74.9 Å². The van der Waals surface area contributed by atoms with Gasteiger partial charge in [-0.3, -0.25) is 4.79 Å². The van der Waals surface area contributed by atoms with Crippen molar-refractivity contribution in [3.8, 4) is 0 Å². The van der Waals surface area contributed by atoms with Gasteiger partial charge in [0.2, 0.25) is 15.9 Å². The summed E-state index contributed by atoms with van der Waals surface area (Å²) in [6.45, 7) is 5.40. The third kappa shape index (κ3) is 5.20. The van der Waals surface area contributed by atoms with Gasteiger partial charge >= 0.3 is 0 Å². The van der Waals surface area contributed by atoms with E-state index >= 15 is 0 Å². The third-order valence-corrected chi connectivity index (χ3v) is 7.11. The van der Waals surface area contributed by atoms with Crippen LogP contribution in [0.15, 0.2) is 0 Å². The van der Waals surface area contributed by atoms with Crippen molar-refractivity contribution < 1.29 is 21.6 Å². The molecule has 7 nitrogen and oxygen atoms in total. The van der Waals surface area contributed by atoms with Crippen molar-refractivity contribution in [2.75, 3.05) is 31.4 Å². The van der Waals surface area contributed by atoms with Crippen molar-refractivity contribution in [3.63, 3.8) is 0 Å². The van der Waals surface area contributed by atoms with Crippen molar-refractivity contribution >= 4 is 25.8 Å². The van der Waals surface area contributed by atoms with E-state index in [-0.39, 0.29) is 36.4 Å². The number of rotatable bonds is 5. The van der Waals surface area contributed by atoms with Crippen LogP contribution in [-0.2, 0) is 24.7 Å². The van der Waals surface area contributed by atoms with Gasteiger partial charge in [-0.05, 0) is 27.2 Å². The zero-order valence-electron chi connectivity index (χ0n) is 13.9. The minimum absolute atomic E-state index is 0.00962. The average molecular weight is 354 g/mol. The zero-order valence-corrected chi connectivity index (χ0v) is 15.5. The van der Waals surface area contributed by atoms with Crippen LogP contribution in [0.25, 0.3) is 0 Å². The molecule has 1 rings (SSSR count). The molecule has 1 atom stereocenters. The second kappa shape index (κ2) is 6.45. The van der Waals surface area contributed by atoms with E-state index < -0.39 is 25.4 Å². The topological polar surface area (TPSA) is 91.8 Å². The van der Waals surface area contributed by atoms with Crippen LogP contribution in [0.2, 0.25) is 0 Å². The van der Waals surface area contributed by atoms with Crippen LogP contribution in [0.4, 0.5) is 0 Å². The molecule has 0 aromatic rings. The van der Waals surface area contributed by atoms with Gasteiger partial charge in [0.15, 0.2) is 9.84 Å². The number of carbonyl (C=O) groups excluding carboxylic acids is 1. The maximum Gasteiger partial charge on any atom is 0.223 e. The Kier molecular flexibility index (Phi) is 5.68. The van der Waals surface area contributed by atoms with Gasteiger partial charge < -0.3 is 4.90 Å². The molecule has 130 valence electrons. The van der Waals surface area contributed by atoms with Crippen LogP contribution in [0.5, 0.6) is 0 Å². The molecule has 1 amide bonds. The molecule has 0 aromatic carbocycles. The van der Waals surface area contributed by atoms with Crippen LogP contribution in [0.3, 0.4) is 0 Å². The van der Waals surface area contributed by atoms with Crippen molar-refractivity contribution in [2.24, 2.45) is 0 Å². The molecule has 0 N–H and O–H groups in total. The number of amides is 1. The minimum Gasteiger partial charge on any atom is -0.342 e. The molecule has 0 bridgehead atoms. The maximum absolute atomic E-state index is 12.2. The number of sulfone groups is 1. The Hall–Kier alpha value is -0.670. The first-order valence-electron chi connectivity index (χ1n) is 7.18. The van der Waals surface area contributed by atoms with Gasteiger partial charge in [0.05, 0.1) is 17.8 Å². The molecule has 22 heavy (non-hydrogen) atoms. The maximum atomic E-state index is 12.2. The molecule has 0 aromatic heterocycles. The smallest absolute Gasteiger partial charge is 0.223 e. The largest absolute Gasteiger partial charge is 0.342 e. The Bertz CT molecular complexity index is 619. The van der Waals surface area contributed by atoms with E-state index in [0.717, 1.165) is 6.26 Å². The average Bonchev–Trinajstić information content (AvgIpc) is 2.65. The molecule has 1 saturated heterocycles. The predicted octanol–water partition coefficient (Wildman–Crippen LogP) is 0.0821. The van der Waals surface area contributed by atoms with E-state index in [1.807, 2.05) is 0 Å². The van der Waals surface area contributed by atoms with Crippen LogP contribution in [0.1, 0.15) is 33.6 Å². The first-order chi connectivity index (χ1) is 9.74. The first-order valence-corrected chi connectivity index (χ1v) is 10.8. The Balaban J connectivity index is 2.69. The molecule has 1 unspecified atom stereocenters. The van der Waals surface area contributed by atoms with Gasteiger partial charge in [-0.15, -0.1) is 0 Å². The fourth-order valence-corrected chi connectivity index (χ4v) is 5.85. The molecule has 1 aliphatic rings. The van der Waals surface area contributed by atoms with Crippen molar-refractivity contribution in [3.05, 3.63) is 0 Å². The Labute approximate surface area is 133 Å². The lowest BCUT2D eigenvalue weighted by molar-refractivity contribution is -0.131. The SMILES string of the molecule is CN(C(=O)CCN(C(C)(C)C)S(C)(=O)=O)C1CCS(=O)(=O)C1. The lowest BCUT2D eigenvalue weighted by Crippen LogP contribution is -2.47. The van der Waals surface area contributed by atoms with E-state index in [1.54, 1.807) is 27.8 Å². The monoisotopic (exact) mass is 354 g/mol. The fraction of sp³-hybridized carbons (Fsp3) is 0.923. The highest BCUT2D eigenvalue weighted by Gasteiger charge is 2.34. The zero-order chi connectivity index (χ0) is 17.3. The molecule has 0 spiro atoms. The van der Waals surface area contributed by atoms with E-state index in [0.29, 0.717) is 6.42 Å². The summed E-state index contributed by atoms with van der Waals surface area (Å²) in [5, 5.41) is 0. The summed E-state index contributed by atoms with van der Waals surface area (Å²) >= 11 is 0. The van der Waals surface area contributed by atoms with Gasteiger partial charge in [-0.1, -0.05) is 0 Å². The molecular formula is C13H26N2O5S2. The summed E-state index contributed by atoms with van der Waals surface area (Å²) in [6.07, 6.45) is 1.60. The third-order valence-electron chi connectivity index (χ3n) is 3.83. The van der Waals surface area contributed by atoms with E-state index in [9.17, 15) is 21.6 Å². The molecule has 9 heteroatoms. The van der Waals surface area contributed by atoms with Gasteiger partial charge in [-0.2, -0.15) is 4.31 Å². The van der Waals surface area contributed by atoms with E-state index in [1.165, 1.54) is 9.21 Å². The van der Waals surface area contributed by atoms with E-state index in [4.69, 9.17) is 0 Å². The van der Waals surface area contributed by atoms with Crippen molar-refractivity contribution in [2.45, 2.75) is 45.2 Å². The molecule has 1 heterocycles. The number of carbonyl (C=O) groups is 1. The minimum atomic E-state index is -3.41. The van der Waals surface area contributed by atoms with Gasteiger partial charge in [0.25, 0.3) is 0 Å².